The maximum Gasteiger partial charge on any atom is 0.262 e. The van der Waals surface area contributed by atoms with Crippen LogP contribution >= 0.6 is 15.9 Å². The van der Waals surface area contributed by atoms with Gasteiger partial charge in [-0.3, -0.25) is 9.59 Å². The summed E-state index contributed by atoms with van der Waals surface area (Å²) in [6.07, 6.45) is 1.33. The number of nitrogens with zero attached hydrogens (tertiary/aromatic N) is 1. The van der Waals surface area contributed by atoms with Gasteiger partial charge >= 0.3 is 0 Å². The maximum absolute atomic E-state index is 12.5. The lowest BCUT2D eigenvalue weighted by atomic mass is 10.0. The van der Waals surface area contributed by atoms with Crippen molar-refractivity contribution in [1.82, 2.24) is 10.7 Å². The Morgan fingerprint density at radius 2 is 1.86 bits per heavy atom. The van der Waals surface area contributed by atoms with E-state index in [1.807, 2.05) is 13.8 Å². The van der Waals surface area contributed by atoms with Gasteiger partial charge in [0.2, 0.25) is 0 Å². The third-order valence-corrected chi connectivity index (χ3v) is 4.45. The number of phenols is 1. The molecule has 0 bridgehead atoms. The van der Waals surface area contributed by atoms with Gasteiger partial charge in [0.15, 0.2) is 0 Å². The second-order valence-corrected chi connectivity index (χ2v) is 7.28. The number of rotatable bonds is 7. The third-order valence-electron chi connectivity index (χ3n) is 3.96. The number of ether oxygens (including phenoxy) is 1. The van der Waals surface area contributed by atoms with E-state index >= 15 is 0 Å². The molecule has 1 atom stereocenters. The largest absolute Gasteiger partial charge is 0.507 e. The molecule has 1 unspecified atom stereocenters. The number of nitrogens with one attached hydrogen (secondary N) is 2. The molecule has 8 heteroatoms. The highest BCUT2D eigenvalue weighted by molar-refractivity contribution is 9.10. The Bertz CT molecular complexity index is 866. The summed E-state index contributed by atoms with van der Waals surface area (Å²) in [5.41, 5.74) is 3.26. The van der Waals surface area contributed by atoms with Gasteiger partial charge < -0.3 is 15.2 Å². The van der Waals surface area contributed by atoms with Crippen LogP contribution in [0, 0.1) is 5.92 Å². The minimum atomic E-state index is -0.775. The number of benzene rings is 2. The lowest BCUT2D eigenvalue weighted by Gasteiger charge is -2.20. The van der Waals surface area contributed by atoms with Crippen LogP contribution in [0.2, 0.25) is 0 Å². The summed E-state index contributed by atoms with van der Waals surface area (Å²) in [6.45, 7) is 3.64. The monoisotopic (exact) mass is 447 g/mol. The summed E-state index contributed by atoms with van der Waals surface area (Å²) in [5, 5.41) is 16.4. The van der Waals surface area contributed by atoms with Crippen LogP contribution < -0.4 is 15.5 Å². The average Bonchev–Trinajstić information content (AvgIpc) is 2.68. The molecule has 0 aromatic heterocycles. The van der Waals surface area contributed by atoms with Gasteiger partial charge in [-0.25, -0.2) is 5.43 Å². The van der Waals surface area contributed by atoms with E-state index in [2.05, 4.69) is 31.8 Å². The van der Waals surface area contributed by atoms with Crippen molar-refractivity contribution in [1.29, 1.82) is 0 Å². The highest BCUT2D eigenvalue weighted by Crippen LogP contribution is 2.20. The predicted molar refractivity (Wildman–Crippen MR) is 111 cm³/mol. The molecule has 0 aliphatic rings. The maximum atomic E-state index is 12.5. The van der Waals surface area contributed by atoms with Crippen molar-refractivity contribution < 1.29 is 19.4 Å². The molecular formula is C20H22BrN3O4. The molecular weight excluding hydrogens is 426 g/mol. The zero-order valence-electron chi connectivity index (χ0n) is 15.8. The molecule has 0 fully saturated rings. The number of hydrogen-bond acceptors (Lipinski definition) is 5. The first-order valence-electron chi connectivity index (χ1n) is 8.58. The molecule has 2 amide bonds. The summed E-state index contributed by atoms with van der Waals surface area (Å²) in [5.74, 6) is -0.307. The van der Waals surface area contributed by atoms with E-state index in [-0.39, 0.29) is 17.6 Å². The Balaban J connectivity index is 2.03. The van der Waals surface area contributed by atoms with E-state index in [9.17, 15) is 14.7 Å². The molecule has 0 aliphatic heterocycles. The summed E-state index contributed by atoms with van der Waals surface area (Å²) < 4.78 is 5.84. The van der Waals surface area contributed by atoms with Crippen molar-refractivity contribution in [3.05, 3.63) is 58.1 Å². The summed E-state index contributed by atoms with van der Waals surface area (Å²) in [7, 11) is 1.54. The molecule has 2 aromatic rings. The highest BCUT2D eigenvalue weighted by atomic mass is 79.9. The van der Waals surface area contributed by atoms with E-state index in [1.54, 1.807) is 43.5 Å². The number of aromatic hydroxyl groups is 1. The van der Waals surface area contributed by atoms with E-state index in [0.717, 1.165) is 4.47 Å². The molecule has 0 radical (unpaired) electrons. The highest BCUT2D eigenvalue weighted by Gasteiger charge is 2.24. The predicted octanol–water partition coefficient (Wildman–Crippen LogP) is 3.07. The Labute approximate surface area is 171 Å². The summed E-state index contributed by atoms with van der Waals surface area (Å²) in [6, 6.07) is 10.7. The molecule has 7 nitrogen and oxygen atoms in total. The SMILES string of the molecule is COc1ccc(C(=O)NC(C(=O)N/N=C/c2cc(Br)ccc2O)C(C)C)cc1. The van der Waals surface area contributed by atoms with Gasteiger partial charge in [0.05, 0.1) is 13.3 Å². The smallest absolute Gasteiger partial charge is 0.262 e. The first kappa shape index (κ1) is 21.4. The van der Waals surface area contributed by atoms with Gasteiger partial charge in [-0.2, -0.15) is 5.10 Å². The number of hydrazone groups is 1. The molecule has 0 heterocycles. The first-order chi connectivity index (χ1) is 13.3. The van der Waals surface area contributed by atoms with Gasteiger partial charge in [-0.15, -0.1) is 0 Å². The third kappa shape index (κ3) is 5.82. The molecule has 0 aliphatic carbocycles. The molecule has 0 saturated carbocycles. The zero-order valence-corrected chi connectivity index (χ0v) is 17.4. The van der Waals surface area contributed by atoms with E-state index in [4.69, 9.17) is 4.74 Å². The normalized spacial score (nSPS) is 12.0. The topological polar surface area (TPSA) is 100 Å². The van der Waals surface area contributed by atoms with E-state index in [1.165, 1.54) is 12.3 Å². The van der Waals surface area contributed by atoms with Crippen molar-refractivity contribution in [2.45, 2.75) is 19.9 Å². The number of methoxy groups -OCH3 is 1. The van der Waals surface area contributed by atoms with E-state index in [0.29, 0.717) is 16.9 Å². The fourth-order valence-electron chi connectivity index (χ4n) is 2.37. The van der Waals surface area contributed by atoms with Crippen LogP contribution in [0.4, 0.5) is 0 Å². The number of hydrogen-bond donors (Lipinski definition) is 3. The summed E-state index contributed by atoms with van der Waals surface area (Å²) in [4.78, 5) is 24.9. The molecule has 3 N–H and O–H groups in total. The molecule has 0 saturated heterocycles. The molecule has 28 heavy (non-hydrogen) atoms. The van der Waals surface area contributed by atoms with Gasteiger partial charge in [0.1, 0.15) is 17.5 Å². The van der Waals surface area contributed by atoms with Crippen LogP contribution in [0.1, 0.15) is 29.8 Å². The van der Waals surface area contributed by atoms with Gasteiger partial charge in [0, 0.05) is 15.6 Å². The zero-order chi connectivity index (χ0) is 20.7. The Kier molecular flexibility index (Phi) is 7.57. The number of carbonyl (C=O) groups excluding carboxylic acids is 2. The number of phenolic OH excluding ortho intramolecular Hbond substituents is 1. The standard InChI is InChI=1S/C20H22BrN3O4/c1-12(2)18(23-19(26)13-4-7-16(28-3)8-5-13)20(27)24-22-11-14-10-15(21)6-9-17(14)25/h4-12,18,25H,1-3H3,(H,23,26)(H,24,27)/b22-11+. The minimum absolute atomic E-state index is 0.0365. The number of amides is 2. The van der Waals surface area contributed by atoms with Gasteiger partial charge in [-0.05, 0) is 48.4 Å². The molecule has 148 valence electrons. The molecule has 2 aromatic carbocycles. The van der Waals surface area contributed by atoms with Crippen LogP contribution in [-0.4, -0.2) is 36.3 Å². The lowest BCUT2D eigenvalue weighted by molar-refractivity contribution is -0.123. The Hall–Kier alpha value is -2.87. The van der Waals surface area contributed by atoms with Crippen LogP contribution in [0.15, 0.2) is 52.0 Å². The van der Waals surface area contributed by atoms with Gasteiger partial charge in [0.25, 0.3) is 11.8 Å². The van der Waals surface area contributed by atoms with Crippen molar-refractivity contribution >= 4 is 34.0 Å². The fraction of sp³-hybridized carbons (Fsp3) is 0.250. The van der Waals surface area contributed by atoms with E-state index < -0.39 is 11.9 Å². The molecule has 2 rings (SSSR count). The average molecular weight is 448 g/mol. The van der Waals surface area contributed by atoms with Crippen molar-refractivity contribution in [3.63, 3.8) is 0 Å². The fourth-order valence-corrected chi connectivity index (χ4v) is 2.74. The second kappa shape index (κ2) is 9.89. The van der Waals surface area contributed by atoms with Crippen LogP contribution in [-0.2, 0) is 4.79 Å². The second-order valence-electron chi connectivity index (χ2n) is 6.36. The lowest BCUT2D eigenvalue weighted by Crippen LogP contribution is -2.48. The Morgan fingerprint density at radius 1 is 1.18 bits per heavy atom. The van der Waals surface area contributed by atoms with Crippen molar-refractivity contribution in [2.24, 2.45) is 11.0 Å². The molecule has 0 spiro atoms. The summed E-state index contributed by atoms with van der Waals surface area (Å²) >= 11 is 3.30. The Morgan fingerprint density at radius 3 is 2.46 bits per heavy atom. The first-order valence-corrected chi connectivity index (χ1v) is 9.37. The number of halogens is 1. The number of carbonyl (C=O) groups is 2. The minimum Gasteiger partial charge on any atom is -0.507 e. The van der Waals surface area contributed by atoms with Crippen LogP contribution in [0.3, 0.4) is 0 Å². The van der Waals surface area contributed by atoms with Crippen LogP contribution in [0.25, 0.3) is 0 Å². The van der Waals surface area contributed by atoms with Gasteiger partial charge in [-0.1, -0.05) is 29.8 Å². The van der Waals surface area contributed by atoms with Crippen LogP contribution in [0.5, 0.6) is 11.5 Å². The quantitative estimate of drug-likeness (QED) is 0.448. The van der Waals surface area contributed by atoms with Crippen molar-refractivity contribution in [3.8, 4) is 11.5 Å². The van der Waals surface area contributed by atoms with Crippen molar-refractivity contribution in [2.75, 3.05) is 7.11 Å².